The Hall–Kier alpha value is -2.58. The minimum Gasteiger partial charge on any atom is -0.493 e. The molecule has 5 aliphatic carbocycles. The van der Waals surface area contributed by atoms with E-state index in [-0.39, 0.29) is 11.3 Å². The first-order valence-electron chi connectivity index (χ1n) is 12.8. The predicted octanol–water partition coefficient (Wildman–Crippen LogP) is 5.70. The van der Waals surface area contributed by atoms with Crippen molar-refractivity contribution >= 4 is 11.9 Å². The number of benzene rings is 1. The Kier molecular flexibility index (Phi) is 5.43. The maximum atomic E-state index is 15.2. The number of carbonyl (C=O) groups excluding carboxylic acids is 1. The van der Waals surface area contributed by atoms with Gasteiger partial charge in [-0.3, -0.25) is 4.79 Å². The van der Waals surface area contributed by atoms with Crippen molar-refractivity contribution in [3.8, 4) is 5.75 Å². The highest BCUT2D eigenvalue weighted by Gasteiger charge is 2.51. The van der Waals surface area contributed by atoms with Gasteiger partial charge in [0.05, 0.1) is 24.3 Å². The third-order valence-electron chi connectivity index (χ3n) is 8.96. The van der Waals surface area contributed by atoms with Crippen molar-refractivity contribution in [2.75, 3.05) is 13.2 Å². The van der Waals surface area contributed by atoms with Gasteiger partial charge >= 0.3 is 12.1 Å². The van der Waals surface area contributed by atoms with E-state index in [0.717, 1.165) is 49.9 Å². The molecule has 1 N–H and O–H groups in total. The lowest BCUT2D eigenvalue weighted by Crippen LogP contribution is -2.48. The fourth-order valence-corrected chi connectivity index (χ4v) is 7.63. The molecule has 4 bridgehead atoms. The smallest absolute Gasteiger partial charge is 0.414 e. The number of hydrogen-bond donors (Lipinski definition) is 1. The summed E-state index contributed by atoms with van der Waals surface area (Å²) in [6, 6.07) is 0.741. The Morgan fingerprint density at radius 2 is 1.67 bits per heavy atom. The number of hydrogen-bond acceptors (Lipinski definition) is 3. The topological polar surface area (TPSA) is 66.8 Å². The number of amides is 1. The van der Waals surface area contributed by atoms with Crippen LogP contribution in [0.3, 0.4) is 0 Å². The third-order valence-corrected chi connectivity index (χ3v) is 8.96. The second-order valence-corrected chi connectivity index (χ2v) is 11.8. The Morgan fingerprint density at radius 1 is 1.06 bits per heavy atom. The largest absolute Gasteiger partial charge is 0.493 e. The molecule has 5 nitrogen and oxygen atoms in total. The molecule has 9 heteroatoms. The second kappa shape index (κ2) is 8.21. The minimum absolute atomic E-state index is 0.0984. The highest BCUT2D eigenvalue weighted by Crippen LogP contribution is 2.60. The Balaban J connectivity index is 1.24. The quantitative estimate of drug-likeness (QED) is 0.397. The molecular weight excluding hydrogens is 478 g/mol. The van der Waals surface area contributed by atoms with Gasteiger partial charge in [0, 0.05) is 11.5 Å². The van der Waals surface area contributed by atoms with Crippen molar-refractivity contribution in [1.82, 2.24) is 4.90 Å². The van der Waals surface area contributed by atoms with E-state index in [1.165, 1.54) is 31.4 Å². The average Bonchev–Trinajstić information content (AvgIpc) is 3.51. The van der Waals surface area contributed by atoms with E-state index >= 15 is 4.39 Å². The molecule has 5 saturated carbocycles. The fourth-order valence-electron chi connectivity index (χ4n) is 7.63. The third kappa shape index (κ3) is 4.18. The molecule has 1 heterocycles. The van der Waals surface area contributed by atoms with E-state index in [1.807, 2.05) is 0 Å². The SMILES string of the molecule is O=C(O)[C@@H]1C=C(C(F)(F)F)CN1C(=O)c1cc(C2CC2)c(OCC23CC4CC(CC(C4)C2)C3)cc1F. The number of aliphatic carboxylic acids is 1. The molecule has 6 aliphatic rings. The van der Waals surface area contributed by atoms with Crippen molar-refractivity contribution in [2.45, 2.75) is 69.5 Å². The van der Waals surface area contributed by atoms with Crippen molar-refractivity contribution < 1.29 is 37.0 Å². The number of carboxylic acids is 1. The molecule has 1 aromatic carbocycles. The number of rotatable bonds is 6. The molecule has 194 valence electrons. The van der Waals surface area contributed by atoms with Crippen LogP contribution in [0, 0.1) is 29.0 Å². The van der Waals surface area contributed by atoms with Crippen LogP contribution in [0.15, 0.2) is 23.8 Å². The van der Waals surface area contributed by atoms with Crippen LogP contribution in [0.25, 0.3) is 0 Å². The number of halogens is 4. The fraction of sp³-hybridized carbons (Fsp3) is 0.630. The maximum absolute atomic E-state index is 15.2. The first kappa shape index (κ1) is 23.8. The summed E-state index contributed by atoms with van der Waals surface area (Å²) in [5.74, 6) is -0.832. The summed E-state index contributed by atoms with van der Waals surface area (Å²) in [7, 11) is 0. The zero-order chi connectivity index (χ0) is 25.4. The van der Waals surface area contributed by atoms with E-state index in [2.05, 4.69) is 0 Å². The van der Waals surface area contributed by atoms with Crippen LogP contribution in [-0.4, -0.2) is 47.3 Å². The molecular formula is C27H29F4NO4. The molecule has 1 atom stereocenters. The number of alkyl halides is 3. The van der Waals surface area contributed by atoms with Crippen LogP contribution in [0.1, 0.15) is 73.2 Å². The van der Waals surface area contributed by atoms with Gasteiger partial charge in [-0.1, -0.05) is 0 Å². The van der Waals surface area contributed by atoms with E-state index in [0.29, 0.717) is 28.9 Å². The van der Waals surface area contributed by atoms with Gasteiger partial charge in [-0.2, -0.15) is 13.2 Å². The van der Waals surface area contributed by atoms with Crippen molar-refractivity contribution in [2.24, 2.45) is 23.2 Å². The summed E-state index contributed by atoms with van der Waals surface area (Å²) in [6.45, 7) is -0.420. The van der Waals surface area contributed by atoms with Gasteiger partial charge in [0.15, 0.2) is 0 Å². The number of nitrogens with zero attached hydrogens (tertiary/aromatic N) is 1. The van der Waals surface area contributed by atoms with Crippen LogP contribution in [0.4, 0.5) is 17.6 Å². The molecule has 36 heavy (non-hydrogen) atoms. The lowest BCUT2D eigenvalue weighted by Gasteiger charge is -2.56. The van der Waals surface area contributed by atoms with Crippen LogP contribution in [-0.2, 0) is 4.79 Å². The summed E-state index contributed by atoms with van der Waals surface area (Å²) in [6.07, 6.45) is 4.77. The van der Waals surface area contributed by atoms with E-state index in [9.17, 15) is 27.9 Å². The standard InChI is InChI=1S/C27H29F4NO4/c28-21-8-23(36-13-26-9-14-3-15(10-26)5-16(4-14)11-26)19(17-1-2-17)7-20(21)24(33)32-12-18(27(29,30)31)6-22(32)25(34)35/h6-8,14-17,22H,1-5,9-13H2,(H,34,35)/t14?,15?,16?,22-,26?/m0/s1. The van der Waals surface area contributed by atoms with Gasteiger partial charge in [-0.05, 0) is 92.7 Å². The minimum atomic E-state index is -4.77. The molecule has 0 radical (unpaired) electrons. The van der Waals surface area contributed by atoms with Crippen LogP contribution in [0.5, 0.6) is 5.75 Å². The Labute approximate surface area is 206 Å². The Morgan fingerprint density at radius 3 is 2.19 bits per heavy atom. The van der Waals surface area contributed by atoms with Gasteiger partial charge in [-0.25, -0.2) is 9.18 Å². The summed E-state index contributed by atoms with van der Waals surface area (Å²) in [4.78, 5) is 25.3. The first-order chi connectivity index (χ1) is 17.0. The van der Waals surface area contributed by atoms with Crippen LogP contribution in [0.2, 0.25) is 0 Å². The van der Waals surface area contributed by atoms with Gasteiger partial charge in [0.2, 0.25) is 0 Å². The van der Waals surface area contributed by atoms with Gasteiger partial charge in [0.1, 0.15) is 17.6 Å². The molecule has 1 aromatic rings. The lowest BCUT2D eigenvalue weighted by atomic mass is 9.50. The summed E-state index contributed by atoms with van der Waals surface area (Å²) < 4.78 is 61.1. The number of ether oxygens (including phenoxy) is 1. The van der Waals surface area contributed by atoms with Crippen molar-refractivity contribution in [3.63, 3.8) is 0 Å². The van der Waals surface area contributed by atoms with Gasteiger partial charge in [-0.15, -0.1) is 0 Å². The number of carboxylic acid groups (broad SMARTS) is 1. The van der Waals surface area contributed by atoms with Crippen LogP contribution < -0.4 is 4.74 Å². The highest BCUT2D eigenvalue weighted by atomic mass is 19.4. The van der Waals surface area contributed by atoms with Crippen molar-refractivity contribution in [1.29, 1.82) is 0 Å². The van der Waals surface area contributed by atoms with E-state index in [4.69, 9.17) is 4.74 Å². The Bertz CT molecular complexity index is 1100. The average molecular weight is 508 g/mol. The second-order valence-electron chi connectivity index (χ2n) is 11.8. The molecule has 7 rings (SSSR count). The predicted molar refractivity (Wildman–Crippen MR) is 121 cm³/mol. The zero-order valence-corrected chi connectivity index (χ0v) is 19.8. The van der Waals surface area contributed by atoms with E-state index < -0.39 is 47.6 Å². The first-order valence-corrected chi connectivity index (χ1v) is 12.8. The highest BCUT2D eigenvalue weighted by molar-refractivity contribution is 5.98. The summed E-state index contributed by atoms with van der Waals surface area (Å²) in [5, 5.41) is 9.40. The lowest BCUT2D eigenvalue weighted by molar-refractivity contribution is -0.140. The van der Waals surface area contributed by atoms with Crippen molar-refractivity contribution in [3.05, 3.63) is 40.7 Å². The monoisotopic (exact) mass is 507 g/mol. The van der Waals surface area contributed by atoms with E-state index in [1.54, 1.807) is 0 Å². The summed E-state index contributed by atoms with van der Waals surface area (Å²) in [5.41, 5.74) is -0.743. The molecule has 0 saturated heterocycles. The molecule has 0 spiro atoms. The molecule has 0 aromatic heterocycles. The van der Waals surface area contributed by atoms with Gasteiger partial charge in [0.25, 0.3) is 5.91 Å². The summed E-state index contributed by atoms with van der Waals surface area (Å²) >= 11 is 0. The number of carbonyl (C=O) groups is 2. The van der Waals surface area contributed by atoms with Gasteiger partial charge < -0.3 is 14.7 Å². The normalized spacial score (nSPS) is 33.1. The molecule has 0 unspecified atom stereocenters. The maximum Gasteiger partial charge on any atom is 0.414 e. The van der Waals surface area contributed by atoms with Crippen LogP contribution >= 0.6 is 0 Å². The molecule has 5 fully saturated rings. The molecule has 1 aliphatic heterocycles. The molecule has 1 amide bonds. The zero-order valence-electron chi connectivity index (χ0n) is 19.8.